The Labute approximate surface area is 257 Å². The van der Waals surface area contributed by atoms with Gasteiger partial charge in [-0.25, -0.2) is 0 Å². The van der Waals surface area contributed by atoms with Crippen molar-refractivity contribution in [3.63, 3.8) is 0 Å². The molecule has 2 heterocycles. The molecule has 4 atom stereocenters. The van der Waals surface area contributed by atoms with Crippen molar-refractivity contribution >= 4 is 5.91 Å². The van der Waals surface area contributed by atoms with E-state index in [2.05, 4.69) is 34.5 Å². The number of likely N-dealkylation sites (tertiary alicyclic amines) is 1. The fraction of sp³-hybridized carbons (Fsp3) is 0.441. The molecule has 10 nitrogen and oxygen atoms in total. The number of ether oxygens (including phenoxy) is 5. The molecule has 0 radical (unpaired) electrons. The monoisotopic (exact) mass is 604 g/mol. The first-order valence-electron chi connectivity index (χ1n) is 15.0. The molecule has 0 bridgehead atoms. The van der Waals surface area contributed by atoms with E-state index in [0.29, 0.717) is 34.3 Å². The first-order chi connectivity index (χ1) is 21.4. The van der Waals surface area contributed by atoms with Crippen molar-refractivity contribution in [2.75, 3.05) is 47.8 Å². The van der Waals surface area contributed by atoms with Gasteiger partial charge in [0.05, 0.1) is 33.4 Å². The van der Waals surface area contributed by atoms with Crippen LogP contribution >= 0.6 is 0 Å². The summed E-state index contributed by atoms with van der Waals surface area (Å²) in [5.74, 6) is 0.0369. The van der Waals surface area contributed by atoms with Crippen LogP contribution < -0.4 is 29.0 Å². The van der Waals surface area contributed by atoms with Crippen molar-refractivity contribution in [1.82, 2.24) is 10.2 Å². The third-order valence-electron chi connectivity index (χ3n) is 9.20. The highest BCUT2D eigenvalue weighted by atomic mass is 16.7. The van der Waals surface area contributed by atoms with Gasteiger partial charge in [0.2, 0.25) is 18.4 Å². The number of nitrogens with one attached hydrogen (secondary N) is 1. The molecule has 3 aromatic rings. The largest absolute Gasteiger partial charge is 0.493 e. The number of hydrogen-bond donors (Lipinski definition) is 3. The van der Waals surface area contributed by atoms with E-state index in [4.69, 9.17) is 23.7 Å². The van der Waals surface area contributed by atoms with Crippen LogP contribution in [0, 0.1) is 11.8 Å². The van der Waals surface area contributed by atoms with Crippen molar-refractivity contribution in [2.45, 2.75) is 37.5 Å². The Bertz CT molecular complexity index is 1450. The number of nitrogens with zero attached hydrogens (tertiary/aromatic N) is 1. The molecule has 0 aromatic heterocycles. The van der Waals surface area contributed by atoms with Gasteiger partial charge < -0.3 is 39.2 Å². The molecule has 0 saturated carbocycles. The molecule has 2 aliphatic heterocycles. The highest BCUT2D eigenvalue weighted by molar-refractivity contribution is 5.82. The Hall–Kier alpha value is -3.99. The maximum Gasteiger partial charge on any atom is 0.231 e. The Morgan fingerprint density at radius 1 is 0.932 bits per heavy atom. The fourth-order valence-corrected chi connectivity index (χ4v) is 6.97. The van der Waals surface area contributed by atoms with E-state index >= 15 is 0 Å². The molecule has 1 fully saturated rings. The topological polar surface area (TPSA) is 119 Å². The molecule has 234 valence electrons. The molecular formula is C34H40N2O8. The van der Waals surface area contributed by atoms with Gasteiger partial charge in [-0.2, -0.15) is 0 Å². The molecule has 0 spiro atoms. The minimum absolute atomic E-state index is 0.0234. The Morgan fingerprint density at radius 2 is 1.57 bits per heavy atom. The third-order valence-corrected chi connectivity index (χ3v) is 9.20. The molecule has 1 saturated heterocycles. The van der Waals surface area contributed by atoms with Crippen LogP contribution in [-0.2, 0) is 11.3 Å². The van der Waals surface area contributed by atoms with Crippen molar-refractivity contribution in [3.05, 3.63) is 76.9 Å². The summed E-state index contributed by atoms with van der Waals surface area (Å²) in [5, 5.41) is 25.5. The Balaban J connectivity index is 1.34. The second kappa shape index (κ2) is 12.9. The van der Waals surface area contributed by atoms with Gasteiger partial charge in [0.25, 0.3) is 0 Å². The van der Waals surface area contributed by atoms with Gasteiger partial charge in [-0.05, 0) is 59.4 Å². The zero-order valence-corrected chi connectivity index (χ0v) is 25.3. The van der Waals surface area contributed by atoms with Gasteiger partial charge in [0.1, 0.15) is 0 Å². The lowest BCUT2D eigenvalue weighted by atomic mass is 9.64. The molecule has 1 amide bonds. The van der Waals surface area contributed by atoms with Crippen LogP contribution in [0.2, 0.25) is 0 Å². The van der Waals surface area contributed by atoms with E-state index in [9.17, 15) is 15.0 Å². The van der Waals surface area contributed by atoms with E-state index in [0.717, 1.165) is 43.6 Å². The maximum absolute atomic E-state index is 14.3. The standard InChI is InChI=1S/C34H40N2O8/c1-40-28-13-21(14-29(41-2)33(28)42-3)30-23-15-26-27(44-19-43-26)16-24(23)32(38)25(18-37)31(30)34(39)35-22-9-11-36(12-10-22)17-20-7-5-4-6-8-20/h4-8,13-16,22,25,30-32,37-38H,9-12,17-19H2,1-3H3,(H,35,39). The summed E-state index contributed by atoms with van der Waals surface area (Å²) in [7, 11) is 4.63. The minimum atomic E-state index is -1.09. The summed E-state index contributed by atoms with van der Waals surface area (Å²) in [6, 6.07) is 17.6. The highest BCUT2D eigenvalue weighted by Gasteiger charge is 2.48. The molecule has 3 aromatic carbocycles. The molecule has 3 N–H and O–H groups in total. The first-order valence-corrected chi connectivity index (χ1v) is 15.0. The number of methoxy groups -OCH3 is 3. The average molecular weight is 605 g/mol. The summed E-state index contributed by atoms with van der Waals surface area (Å²) in [6.07, 6.45) is 0.523. The normalized spacial score (nSPS) is 23.1. The van der Waals surface area contributed by atoms with Crippen LogP contribution in [0.15, 0.2) is 54.6 Å². The lowest BCUT2D eigenvalue weighted by Crippen LogP contribution is -2.50. The number of fused-ring (bicyclic) bond motifs is 2. The number of benzene rings is 3. The predicted octanol–water partition coefficient (Wildman–Crippen LogP) is 3.63. The first kappa shape index (κ1) is 30.1. The number of aliphatic hydroxyl groups is 2. The number of carbonyl (C=O) groups is 1. The minimum Gasteiger partial charge on any atom is -0.493 e. The van der Waals surface area contributed by atoms with E-state index in [1.165, 1.54) is 12.7 Å². The van der Waals surface area contributed by atoms with E-state index in [-0.39, 0.29) is 25.3 Å². The zero-order chi connectivity index (χ0) is 30.8. The fourth-order valence-electron chi connectivity index (χ4n) is 6.97. The molecule has 4 unspecified atom stereocenters. The SMILES string of the molecule is COc1cc(C2c3cc4c(cc3C(O)C(CO)C2C(=O)NC2CCN(Cc3ccccc3)CC2)OCO4)cc(OC)c1OC. The smallest absolute Gasteiger partial charge is 0.231 e. The maximum atomic E-state index is 14.3. The molecule has 10 heteroatoms. The van der Waals surface area contributed by atoms with Crippen LogP contribution in [0.4, 0.5) is 0 Å². The van der Waals surface area contributed by atoms with Crippen LogP contribution in [0.3, 0.4) is 0 Å². The van der Waals surface area contributed by atoms with Gasteiger partial charge in [0.15, 0.2) is 23.0 Å². The van der Waals surface area contributed by atoms with Crippen LogP contribution in [0.5, 0.6) is 28.7 Å². The van der Waals surface area contributed by atoms with Gasteiger partial charge in [-0.3, -0.25) is 9.69 Å². The number of piperidine rings is 1. The van der Waals surface area contributed by atoms with Crippen LogP contribution in [-0.4, -0.2) is 74.9 Å². The number of carbonyl (C=O) groups excluding carboxylic acids is 1. The number of rotatable bonds is 9. The van der Waals surface area contributed by atoms with Crippen LogP contribution in [0.25, 0.3) is 0 Å². The second-order valence-electron chi connectivity index (χ2n) is 11.6. The lowest BCUT2D eigenvalue weighted by Gasteiger charge is -2.42. The Morgan fingerprint density at radius 3 is 2.16 bits per heavy atom. The van der Waals surface area contributed by atoms with Crippen molar-refractivity contribution < 1.29 is 38.7 Å². The number of aliphatic hydroxyl groups excluding tert-OH is 2. The highest BCUT2D eigenvalue weighted by Crippen LogP contribution is 2.53. The van der Waals surface area contributed by atoms with E-state index in [1.54, 1.807) is 20.3 Å². The van der Waals surface area contributed by atoms with E-state index < -0.39 is 23.9 Å². The molecule has 1 aliphatic carbocycles. The molecule has 6 rings (SSSR count). The second-order valence-corrected chi connectivity index (χ2v) is 11.6. The summed E-state index contributed by atoms with van der Waals surface area (Å²) in [6.45, 7) is 2.28. The quantitative estimate of drug-likeness (QED) is 0.337. The number of amides is 1. The van der Waals surface area contributed by atoms with Crippen molar-refractivity contribution in [1.29, 1.82) is 0 Å². The van der Waals surface area contributed by atoms with E-state index in [1.807, 2.05) is 24.3 Å². The van der Waals surface area contributed by atoms with Gasteiger partial charge in [-0.15, -0.1) is 0 Å². The zero-order valence-electron chi connectivity index (χ0n) is 25.3. The van der Waals surface area contributed by atoms with Crippen molar-refractivity contribution in [2.24, 2.45) is 11.8 Å². The van der Waals surface area contributed by atoms with Gasteiger partial charge >= 0.3 is 0 Å². The number of hydrogen-bond acceptors (Lipinski definition) is 9. The summed E-state index contributed by atoms with van der Waals surface area (Å²) >= 11 is 0. The van der Waals surface area contributed by atoms with Crippen molar-refractivity contribution in [3.8, 4) is 28.7 Å². The predicted molar refractivity (Wildman–Crippen MR) is 162 cm³/mol. The molecule has 44 heavy (non-hydrogen) atoms. The average Bonchev–Trinajstić information content (AvgIpc) is 3.52. The lowest BCUT2D eigenvalue weighted by molar-refractivity contribution is -0.132. The van der Waals surface area contributed by atoms with Gasteiger partial charge in [0, 0.05) is 44.1 Å². The summed E-state index contributed by atoms with van der Waals surface area (Å²) in [5.41, 5.74) is 3.30. The van der Waals surface area contributed by atoms with Crippen LogP contribution in [0.1, 0.15) is 47.1 Å². The Kier molecular flexibility index (Phi) is 8.83. The summed E-state index contributed by atoms with van der Waals surface area (Å²) < 4.78 is 28.2. The molecule has 3 aliphatic rings. The van der Waals surface area contributed by atoms with Gasteiger partial charge in [-0.1, -0.05) is 30.3 Å². The molecular weight excluding hydrogens is 564 g/mol. The summed E-state index contributed by atoms with van der Waals surface area (Å²) in [4.78, 5) is 16.7. The third kappa shape index (κ3) is 5.65.